The number of rotatable bonds is 6. The van der Waals surface area contributed by atoms with Gasteiger partial charge in [0, 0.05) is 24.4 Å². The number of fused-ring (bicyclic) bond motifs is 4. The second kappa shape index (κ2) is 7.17. The van der Waals surface area contributed by atoms with Crippen molar-refractivity contribution in [1.29, 1.82) is 0 Å². The molecule has 7 nitrogen and oxygen atoms in total. The number of imide groups is 1. The van der Waals surface area contributed by atoms with Gasteiger partial charge in [-0.15, -0.1) is 0 Å². The van der Waals surface area contributed by atoms with Crippen molar-refractivity contribution >= 4 is 35.2 Å². The molecule has 0 aromatic heterocycles. The van der Waals surface area contributed by atoms with Crippen LogP contribution in [0.1, 0.15) is 17.5 Å². The fourth-order valence-corrected chi connectivity index (χ4v) is 5.36. The van der Waals surface area contributed by atoms with Gasteiger partial charge in [0.2, 0.25) is 17.7 Å². The van der Waals surface area contributed by atoms with Crippen molar-refractivity contribution in [2.45, 2.75) is 24.9 Å². The van der Waals surface area contributed by atoms with E-state index in [4.69, 9.17) is 4.74 Å². The summed E-state index contributed by atoms with van der Waals surface area (Å²) < 4.78 is 5.08. The number of nitrogens with zero attached hydrogens (tertiary/aromatic N) is 1. The van der Waals surface area contributed by atoms with Crippen molar-refractivity contribution in [3.63, 3.8) is 0 Å². The number of nitrogens with one attached hydrogen (secondary N) is 2. The number of methoxy groups -OCH3 is 1. The molecule has 3 amide bonds. The van der Waals surface area contributed by atoms with E-state index in [-0.39, 0.29) is 36.9 Å². The van der Waals surface area contributed by atoms with Crippen molar-refractivity contribution in [1.82, 2.24) is 10.2 Å². The van der Waals surface area contributed by atoms with Crippen LogP contribution >= 0.6 is 11.8 Å². The number of anilines is 1. The molecule has 4 atom stereocenters. The van der Waals surface area contributed by atoms with Crippen LogP contribution in [0.2, 0.25) is 0 Å². The quantitative estimate of drug-likeness (QED) is 0.692. The Bertz CT molecular complexity index is 845. The monoisotopic (exact) mass is 403 g/mol. The van der Waals surface area contributed by atoms with E-state index in [1.54, 1.807) is 18.9 Å². The molecule has 0 saturated carbocycles. The number of likely N-dealkylation sites (tertiary alicyclic amines) is 1. The lowest BCUT2D eigenvalue weighted by Gasteiger charge is -2.29. The first-order chi connectivity index (χ1) is 13.5. The van der Waals surface area contributed by atoms with Crippen molar-refractivity contribution in [3.05, 3.63) is 29.3 Å². The van der Waals surface area contributed by atoms with Crippen LogP contribution in [0.15, 0.2) is 18.2 Å². The summed E-state index contributed by atoms with van der Waals surface area (Å²) in [4.78, 5) is 41.0. The molecule has 3 aliphatic rings. The molecule has 2 fully saturated rings. The highest BCUT2D eigenvalue weighted by molar-refractivity contribution is 7.98. The standard InChI is InChI=1S/C20H25N3O4S/c1-11-4-5-13-12(10-11)20(19(26)21-13)16-15(14(22-20)6-9-28-3)17(24)23(18(16)25)7-8-27-2/h4-5,10,14-16,22H,6-9H2,1-3H3,(H,21,26). The van der Waals surface area contributed by atoms with Gasteiger partial charge in [0.15, 0.2) is 0 Å². The number of thioether (sulfide) groups is 1. The van der Waals surface area contributed by atoms with Crippen LogP contribution in [-0.2, 0) is 24.7 Å². The van der Waals surface area contributed by atoms with Crippen LogP contribution in [0.5, 0.6) is 0 Å². The van der Waals surface area contributed by atoms with Crippen LogP contribution in [0, 0.1) is 18.8 Å². The zero-order valence-corrected chi connectivity index (χ0v) is 17.1. The molecular weight excluding hydrogens is 378 g/mol. The van der Waals surface area contributed by atoms with Gasteiger partial charge in [-0.1, -0.05) is 17.7 Å². The van der Waals surface area contributed by atoms with Gasteiger partial charge in [-0.25, -0.2) is 0 Å². The summed E-state index contributed by atoms with van der Waals surface area (Å²) >= 11 is 1.69. The Kier molecular flexibility index (Phi) is 4.97. The Labute approximate surface area is 168 Å². The highest BCUT2D eigenvalue weighted by atomic mass is 32.2. The lowest BCUT2D eigenvalue weighted by molar-refractivity contribution is -0.143. The highest BCUT2D eigenvalue weighted by Gasteiger charge is 2.70. The zero-order valence-electron chi connectivity index (χ0n) is 16.3. The molecule has 3 aliphatic heterocycles. The van der Waals surface area contributed by atoms with Gasteiger partial charge in [-0.05, 0) is 31.4 Å². The number of amides is 3. The van der Waals surface area contributed by atoms with Crippen LogP contribution < -0.4 is 10.6 Å². The summed E-state index contributed by atoms with van der Waals surface area (Å²) in [6.07, 6.45) is 2.73. The number of benzene rings is 1. The van der Waals surface area contributed by atoms with E-state index < -0.39 is 17.4 Å². The number of hydrogen-bond donors (Lipinski definition) is 2. The number of hydrogen-bond acceptors (Lipinski definition) is 6. The average molecular weight is 404 g/mol. The van der Waals surface area contributed by atoms with Crippen LogP contribution in [0.25, 0.3) is 0 Å². The third-order valence-electron chi connectivity index (χ3n) is 6.11. The first-order valence-electron chi connectivity index (χ1n) is 9.49. The van der Waals surface area contributed by atoms with E-state index in [0.29, 0.717) is 5.69 Å². The van der Waals surface area contributed by atoms with Crippen molar-refractivity contribution in [2.75, 3.05) is 37.6 Å². The minimum absolute atomic E-state index is 0.198. The molecule has 1 aromatic rings. The van der Waals surface area contributed by atoms with Crippen LogP contribution in [-0.4, -0.2) is 60.9 Å². The van der Waals surface area contributed by atoms with Crippen molar-refractivity contribution < 1.29 is 19.1 Å². The lowest BCUT2D eigenvalue weighted by atomic mass is 9.76. The number of ether oxygens (including phenoxy) is 1. The predicted octanol–water partition coefficient (Wildman–Crippen LogP) is 1.11. The van der Waals surface area contributed by atoms with Gasteiger partial charge in [0.25, 0.3) is 0 Å². The minimum atomic E-state index is -1.19. The fraction of sp³-hybridized carbons (Fsp3) is 0.550. The molecule has 0 aliphatic carbocycles. The molecule has 4 unspecified atom stereocenters. The van der Waals surface area contributed by atoms with Gasteiger partial charge in [0.1, 0.15) is 5.54 Å². The Balaban J connectivity index is 1.81. The maximum absolute atomic E-state index is 13.3. The largest absolute Gasteiger partial charge is 0.383 e. The third-order valence-corrected chi connectivity index (χ3v) is 6.76. The first-order valence-corrected chi connectivity index (χ1v) is 10.9. The topological polar surface area (TPSA) is 87.7 Å². The molecule has 28 heavy (non-hydrogen) atoms. The third kappa shape index (κ3) is 2.62. The van der Waals surface area contributed by atoms with E-state index in [1.165, 1.54) is 4.90 Å². The summed E-state index contributed by atoms with van der Waals surface area (Å²) in [6, 6.07) is 5.53. The van der Waals surface area contributed by atoms with E-state index in [1.807, 2.05) is 31.4 Å². The number of aryl methyl sites for hydroxylation is 1. The molecule has 2 saturated heterocycles. The van der Waals surface area contributed by atoms with E-state index in [2.05, 4.69) is 10.6 Å². The molecule has 1 spiro atoms. The molecule has 2 N–H and O–H groups in total. The van der Waals surface area contributed by atoms with Gasteiger partial charge in [0.05, 0.1) is 25.0 Å². The lowest BCUT2D eigenvalue weighted by Crippen LogP contribution is -2.53. The normalized spacial score (nSPS) is 30.9. The smallest absolute Gasteiger partial charge is 0.250 e. The highest BCUT2D eigenvalue weighted by Crippen LogP contribution is 2.53. The Hall–Kier alpha value is -1.90. The number of carbonyl (C=O) groups excluding carboxylic acids is 3. The average Bonchev–Trinajstić information content (AvgIpc) is 3.24. The van der Waals surface area contributed by atoms with Crippen LogP contribution in [0.4, 0.5) is 5.69 Å². The molecule has 150 valence electrons. The summed E-state index contributed by atoms with van der Waals surface area (Å²) in [5.41, 5.74) is 1.30. The van der Waals surface area contributed by atoms with Crippen LogP contribution in [0.3, 0.4) is 0 Å². The molecular formula is C20H25N3O4S. The predicted molar refractivity (Wildman–Crippen MR) is 107 cm³/mol. The Morgan fingerprint density at radius 2 is 2.04 bits per heavy atom. The maximum Gasteiger partial charge on any atom is 0.250 e. The maximum atomic E-state index is 13.3. The Morgan fingerprint density at radius 3 is 2.75 bits per heavy atom. The van der Waals surface area contributed by atoms with Gasteiger partial charge in [-0.2, -0.15) is 11.8 Å². The second-order valence-corrected chi connectivity index (χ2v) is 8.65. The second-order valence-electron chi connectivity index (χ2n) is 7.67. The SMILES string of the molecule is COCCN1C(=O)C2C(CCSC)NC3(C(=O)Nc4ccc(C)cc43)C2C1=O. The van der Waals surface area contributed by atoms with E-state index in [0.717, 1.165) is 23.3 Å². The minimum Gasteiger partial charge on any atom is -0.383 e. The summed E-state index contributed by atoms with van der Waals surface area (Å²) in [7, 11) is 1.54. The molecule has 0 radical (unpaired) electrons. The summed E-state index contributed by atoms with van der Waals surface area (Å²) in [6.45, 7) is 2.46. The zero-order chi connectivity index (χ0) is 20.1. The van der Waals surface area contributed by atoms with Crippen molar-refractivity contribution in [3.8, 4) is 0 Å². The molecule has 3 heterocycles. The summed E-state index contributed by atoms with van der Waals surface area (Å²) in [5, 5.41) is 6.38. The van der Waals surface area contributed by atoms with E-state index in [9.17, 15) is 14.4 Å². The molecule has 1 aromatic carbocycles. The molecule has 8 heteroatoms. The van der Waals surface area contributed by atoms with Gasteiger partial charge in [-0.3, -0.25) is 24.6 Å². The van der Waals surface area contributed by atoms with Crippen molar-refractivity contribution in [2.24, 2.45) is 11.8 Å². The molecule has 0 bridgehead atoms. The fourth-order valence-electron chi connectivity index (χ4n) is 4.87. The number of carbonyl (C=O) groups is 3. The summed E-state index contributed by atoms with van der Waals surface area (Å²) in [5.74, 6) is -1.14. The van der Waals surface area contributed by atoms with E-state index >= 15 is 0 Å². The van der Waals surface area contributed by atoms with Gasteiger partial charge >= 0.3 is 0 Å². The van der Waals surface area contributed by atoms with Gasteiger partial charge < -0.3 is 10.1 Å². The first kappa shape index (κ1) is 19.4. The Morgan fingerprint density at radius 1 is 1.25 bits per heavy atom. The molecule has 4 rings (SSSR count).